The van der Waals surface area contributed by atoms with Gasteiger partial charge in [0.25, 0.3) is 0 Å². The van der Waals surface area contributed by atoms with Crippen molar-refractivity contribution in [2.75, 3.05) is 5.32 Å². The molecular weight excluding hydrogens is 332 g/mol. The molecular formula is C21H19ClN2O. The van der Waals surface area contributed by atoms with Gasteiger partial charge < -0.3 is 10.4 Å². The van der Waals surface area contributed by atoms with Crippen molar-refractivity contribution in [3.8, 4) is 5.75 Å². The fourth-order valence-electron chi connectivity index (χ4n) is 3.51. The molecule has 3 aromatic rings. The van der Waals surface area contributed by atoms with Crippen LogP contribution in [0.2, 0.25) is 5.02 Å². The smallest absolute Gasteiger partial charge is 0.122 e. The van der Waals surface area contributed by atoms with Gasteiger partial charge in [0, 0.05) is 16.3 Å². The van der Waals surface area contributed by atoms with Gasteiger partial charge >= 0.3 is 0 Å². The second-order valence-corrected chi connectivity index (χ2v) is 6.92. The van der Waals surface area contributed by atoms with E-state index in [4.69, 9.17) is 11.6 Å². The molecule has 3 nitrogen and oxygen atoms in total. The molecule has 1 aliphatic rings. The van der Waals surface area contributed by atoms with E-state index in [1.54, 1.807) is 6.07 Å². The maximum absolute atomic E-state index is 10.4. The summed E-state index contributed by atoms with van der Waals surface area (Å²) in [5, 5.41) is 18.3. The highest BCUT2D eigenvalue weighted by molar-refractivity contribution is 6.30. The summed E-state index contributed by atoms with van der Waals surface area (Å²) in [4.78, 5) is 0. The third-order valence-electron chi connectivity index (χ3n) is 4.72. The highest BCUT2D eigenvalue weighted by atomic mass is 35.5. The molecule has 0 unspecified atom stereocenters. The molecule has 0 aromatic heterocycles. The number of rotatable bonds is 2. The second kappa shape index (κ2) is 6.10. The highest BCUT2D eigenvalue weighted by Crippen LogP contribution is 2.42. The van der Waals surface area contributed by atoms with Crippen LogP contribution < -0.4 is 10.6 Å². The van der Waals surface area contributed by atoms with Gasteiger partial charge in [-0.1, -0.05) is 60.1 Å². The van der Waals surface area contributed by atoms with E-state index < -0.39 is 5.66 Å². The number of halogens is 1. The second-order valence-electron chi connectivity index (χ2n) is 6.49. The van der Waals surface area contributed by atoms with Gasteiger partial charge in [0.2, 0.25) is 0 Å². The zero-order valence-electron chi connectivity index (χ0n) is 13.8. The van der Waals surface area contributed by atoms with Crippen molar-refractivity contribution in [2.45, 2.75) is 18.6 Å². The molecule has 0 bridgehead atoms. The monoisotopic (exact) mass is 350 g/mol. The first-order chi connectivity index (χ1) is 12.1. The summed E-state index contributed by atoms with van der Waals surface area (Å²) < 4.78 is 0. The summed E-state index contributed by atoms with van der Waals surface area (Å²) in [6, 6.07) is 23.5. The number of hydrogen-bond donors (Lipinski definition) is 3. The van der Waals surface area contributed by atoms with E-state index in [1.165, 1.54) is 0 Å². The van der Waals surface area contributed by atoms with Crippen LogP contribution in [0.4, 0.5) is 5.69 Å². The SMILES string of the molecule is C[C@@]1(c2ccccc2O)Nc2ccc(Cl)cc2[C@H](c2ccccc2)N1. The van der Waals surface area contributed by atoms with Crippen molar-refractivity contribution in [1.29, 1.82) is 0 Å². The summed E-state index contributed by atoms with van der Waals surface area (Å²) in [5.74, 6) is 0.259. The number of para-hydroxylation sites is 1. The van der Waals surface area contributed by atoms with Gasteiger partial charge in [-0.3, -0.25) is 5.32 Å². The highest BCUT2D eigenvalue weighted by Gasteiger charge is 2.37. The lowest BCUT2D eigenvalue weighted by molar-refractivity contribution is 0.349. The molecule has 0 saturated carbocycles. The Labute approximate surface area is 152 Å². The number of nitrogens with one attached hydrogen (secondary N) is 2. The number of phenols is 1. The molecule has 0 radical (unpaired) electrons. The summed E-state index contributed by atoms with van der Waals surface area (Å²) in [6.45, 7) is 2.04. The number of anilines is 1. The van der Waals surface area contributed by atoms with E-state index in [0.29, 0.717) is 5.02 Å². The molecule has 0 fully saturated rings. The molecule has 0 aliphatic carbocycles. The summed E-state index contributed by atoms with van der Waals surface area (Å²) in [6.07, 6.45) is 0. The summed E-state index contributed by atoms with van der Waals surface area (Å²) in [7, 11) is 0. The van der Waals surface area contributed by atoms with Gasteiger partial charge in [0.15, 0.2) is 0 Å². The molecule has 4 heteroatoms. The number of fused-ring (bicyclic) bond motifs is 1. The van der Waals surface area contributed by atoms with Crippen molar-refractivity contribution in [3.63, 3.8) is 0 Å². The van der Waals surface area contributed by atoms with E-state index in [9.17, 15) is 5.11 Å². The standard InChI is InChI=1S/C21H19ClN2O/c1-21(17-9-5-6-10-19(17)25)23-18-12-11-15(22)13-16(18)20(24-21)14-7-3-2-4-8-14/h2-13,20,23-25H,1H3/t20-,21+/m0/s1. The fraction of sp³-hybridized carbons (Fsp3) is 0.143. The number of benzene rings is 3. The van der Waals surface area contributed by atoms with Crippen LogP contribution in [0.15, 0.2) is 72.8 Å². The Kier molecular flexibility index (Phi) is 3.91. The van der Waals surface area contributed by atoms with Gasteiger partial charge in [-0.2, -0.15) is 0 Å². The molecule has 4 rings (SSSR count). The molecule has 3 N–H and O–H groups in total. The maximum atomic E-state index is 10.4. The van der Waals surface area contributed by atoms with Crippen molar-refractivity contribution >= 4 is 17.3 Å². The Morgan fingerprint density at radius 2 is 1.68 bits per heavy atom. The lowest BCUT2D eigenvalue weighted by atomic mass is 9.88. The van der Waals surface area contributed by atoms with Crippen molar-refractivity contribution in [2.24, 2.45) is 0 Å². The Morgan fingerprint density at radius 1 is 0.960 bits per heavy atom. The van der Waals surface area contributed by atoms with Crippen molar-refractivity contribution in [3.05, 3.63) is 94.5 Å². The minimum atomic E-state index is -0.618. The third-order valence-corrected chi connectivity index (χ3v) is 4.95. The van der Waals surface area contributed by atoms with Crippen LogP contribution in [0, 0.1) is 0 Å². The van der Waals surface area contributed by atoms with E-state index in [0.717, 1.165) is 22.4 Å². The third kappa shape index (κ3) is 2.86. The molecule has 126 valence electrons. The average molecular weight is 351 g/mol. The van der Waals surface area contributed by atoms with Crippen molar-refractivity contribution < 1.29 is 5.11 Å². The maximum Gasteiger partial charge on any atom is 0.122 e. The predicted molar refractivity (Wildman–Crippen MR) is 102 cm³/mol. The quantitative estimate of drug-likeness (QED) is 0.607. The van der Waals surface area contributed by atoms with E-state index in [-0.39, 0.29) is 11.8 Å². The van der Waals surface area contributed by atoms with Crippen LogP contribution in [0.5, 0.6) is 5.75 Å². The van der Waals surface area contributed by atoms with Crippen LogP contribution in [0.3, 0.4) is 0 Å². The molecule has 25 heavy (non-hydrogen) atoms. The lowest BCUT2D eigenvalue weighted by Crippen LogP contribution is -2.51. The molecule has 0 amide bonds. The predicted octanol–water partition coefficient (Wildman–Crippen LogP) is 5.02. The average Bonchev–Trinajstić information content (AvgIpc) is 2.62. The van der Waals surface area contributed by atoms with E-state index in [1.807, 2.05) is 61.5 Å². The zero-order valence-corrected chi connectivity index (χ0v) is 14.6. The van der Waals surface area contributed by atoms with Gasteiger partial charge in [0.1, 0.15) is 11.4 Å². The largest absolute Gasteiger partial charge is 0.508 e. The van der Waals surface area contributed by atoms with Gasteiger partial charge in [0.05, 0.1) is 6.04 Å². The van der Waals surface area contributed by atoms with Gasteiger partial charge in [-0.25, -0.2) is 0 Å². The summed E-state index contributed by atoms with van der Waals surface area (Å²) >= 11 is 6.25. The van der Waals surface area contributed by atoms with Gasteiger partial charge in [-0.05, 0) is 42.3 Å². The summed E-state index contributed by atoms with van der Waals surface area (Å²) in [5.41, 5.74) is 3.42. The molecule has 1 heterocycles. The van der Waals surface area contributed by atoms with Crippen LogP contribution in [-0.4, -0.2) is 5.11 Å². The van der Waals surface area contributed by atoms with Crippen LogP contribution in [0.25, 0.3) is 0 Å². The molecule has 1 aliphatic heterocycles. The number of phenolic OH excluding ortho intramolecular Hbond substituents is 1. The topological polar surface area (TPSA) is 44.3 Å². The Hall–Kier alpha value is -2.49. The normalized spacial score (nSPS) is 22.1. The van der Waals surface area contributed by atoms with Crippen LogP contribution >= 0.6 is 11.6 Å². The Bertz CT molecular complexity index is 913. The lowest BCUT2D eigenvalue weighted by Gasteiger charge is -2.43. The molecule has 0 spiro atoms. The Balaban J connectivity index is 1.87. The first-order valence-corrected chi connectivity index (χ1v) is 8.63. The van der Waals surface area contributed by atoms with Crippen molar-refractivity contribution in [1.82, 2.24) is 5.32 Å². The van der Waals surface area contributed by atoms with Crippen LogP contribution in [0.1, 0.15) is 29.7 Å². The van der Waals surface area contributed by atoms with Gasteiger partial charge in [-0.15, -0.1) is 0 Å². The molecule has 0 saturated heterocycles. The number of aromatic hydroxyl groups is 1. The minimum absolute atomic E-state index is 0.0410. The Morgan fingerprint density at radius 3 is 2.44 bits per heavy atom. The zero-order chi connectivity index (χ0) is 17.4. The minimum Gasteiger partial charge on any atom is -0.508 e. The van der Waals surface area contributed by atoms with Crippen LogP contribution in [-0.2, 0) is 5.66 Å². The fourth-order valence-corrected chi connectivity index (χ4v) is 3.69. The van der Waals surface area contributed by atoms with E-state index >= 15 is 0 Å². The molecule has 3 aromatic carbocycles. The number of hydrogen-bond acceptors (Lipinski definition) is 3. The molecule has 2 atom stereocenters. The van der Waals surface area contributed by atoms with E-state index in [2.05, 4.69) is 22.8 Å². The first-order valence-electron chi connectivity index (χ1n) is 8.25. The first kappa shape index (κ1) is 16.0.